The van der Waals surface area contributed by atoms with Crippen molar-refractivity contribution in [2.45, 2.75) is 6.54 Å². The monoisotopic (exact) mass is 231 g/mol. The number of anilines is 1. The molecule has 0 amide bonds. The molecule has 0 aliphatic heterocycles. The molecule has 0 saturated heterocycles. The molecule has 0 saturated carbocycles. The summed E-state index contributed by atoms with van der Waals surface area (Å²) in [5.41, 5.74) is 8.61. The van der Waals surface area contributed by atoms with Gasteiger partial charge < -0.3 is 10.3 Å². The van der Waals surface area contributed by atoms with Gasteiger partial charge in [0, 0.05) is 11.5 Å². The van der Waals surface area contributed by atoms with Gasteiger partial charge in [0.25, 0.3) is 0 Å². The molecule has 0 unspecified atom stereocenters. The summed E-state index contributed by atoms with van der Waals surface area (Å²) < 4.78 is 5.83. The third-order valence-corrected chi connectivity index (χ3v) is 3.03. The van der Waals surface area contributed by atoms with Gasteiger partial charge >= 0.3 is 0 Å². The van der Waals surface area contributed by atoms with Crippen LogP contribution in [0.4, 0.5) is 5.00 Å². The maximum absolute atomic E-state index is 5.76. The fourth-order valence-electron chi connectivity index (χ4n) is 1.62. The van der Waals surface area contributed by atoms with Crippen molar-refractivity contribution in [3.05, 3.63) is 36.3 Å². The molecule has 2 heterocycles. The van der Waals surface area contributed by atoms with E-state index < -0.39 is 0 Å². The molecule has 5 nitrogen and oxygen atoms in total. The Morgan fingerprint density at radius 3 is 3.00 bits per heavy atom. The number of nitrogen functional groups attached to an aromatic ring is 1. The molecule has 0 bridgehead atoms. The number of imidazole rings is 1. The van der Waals surface area contributed by atoms with Crippen LogP contribution in [0.25, 0.3) is 11.0 Å². The average Bonchev–Trinajstić information content (AvgIpc) is 2.88. The molecule has 0 aliphatic carbocycles. The van der Waals surface area contributed by atoms with Crippen molar-refractivity contribution >= 4 is 27.6 Å². The van der Waals surface area contributed by atoms with Crippen LogP contribution in [-0.4, -0.2) is 19.1 Å². The minimum absolute atomic E-state index is 0.614. The van der Waals surface area contributed by atoms with E-state index in [-0.39, 0.29) is 0 Å². The van der Waals surface area contributed by atoms with Crippen LogP contribution in [0, 0.1) is 0 Å². The highest BCUT2D eigenvalue weighted by molar-refractivity contribution is 7.09. The molecule has 2 aromatic heterocycles. The van der Waals surface area contributed by atoms with E-state index in [0.717, 1.165) is 16.7 Å². The van der Waals surface area contributed by atoms with E-state index in [1.165, 1.54) is 11.5 Å². The Morgan fingerprint density at radius 1 is 1.31 bits per heavy atom. The maximum Gasteiger partial charge on any atom is 0.132 e. The summed E-state index contributed by atoms with van der Waals surface area (Å²) >= 11 is 1.21. The maximum atomic E-state index is 5.76. The topological polar surface area (TPSA) is 69.6 Å². The summed E-state index contributed by atoms with van der Waals surface area (Å²) in [5.74, 6) is 0. The van der Waals surface area contributed by atoms with Crippen LogP contribution in [0.5, 0.6) is 0 Å². The molecule has 0 atom stereocenters. The van der Waals surface area contributed by atoms with Crippen molar-refractivity contribution in [2.24, 2.45) is 0 Å². The van der Waals surface area contributed by atoms with Crippen LogP contribution in [0.2, 0.25) is 0 Å². The number of para-hydroxylation sites is 2. The number of nitrogens with two attached hydrogens (primary N) is 1. The van der Waals surface area contributed by atoms with Crippen LogP contribution in [0.3, 0.4) is 0 Å². The molecule has 3 rings (SSSR count). The van der Waals surface area contributed by atoms with Crippen LogP contribution in [0.15, 0.2) is 30.6 Å². The highest BCUT2D eigenvalue weighted by Crippen LogP contribution is 2.17. The number of nitrogens with zero attached hydrogens (tertiary/aromatic N) is 4. The Kier molecular flexibility index (Phi) is 2.07. The summed E-state index contributed by atoms with van der Waals surface area (Å²) in [5, 5.41) is 4.66. The normalized spacial score (nSPS) is 11.0. The quantitative estimate of drug-likeness (QED) is 0.726. The molecule has 1 aromatic carbocycles. The Morgan fingerprint density at radius 2 is 2.19 bits per heavy atom. The number of benzene rings is 1. The molecular formula is C10H9N5S. The SMILES string of the molecule is Nc1snnc1Cn1cnc2ccccc21. The van der Waals surface area contributed by atoms with E-state index in [9.17, 15) is 0 Å². The first kappa shape index (κ1) is 9.29. The van der Waals surface area contributed by atoms with Gasteiger partial charge in [0.05, 0.1) is 23.9 Å². The zero-order chi connectivity index (χ0) is 11.0. The Bertz CT molecular complexity index is 627. The minimum atomic E-state index is 0.614. The lowest BCUT2D eigenvalue weighted by molar-refractivity contribution is 0.793. The van der Waals surface area contributed by atoms with Crippen molar-refractivity contribution in [2.75, 3.05) is 5.73 Å². The van der Waals surface area contributed by atoms with Crippen LogP contribution >= 0.6 is 11.5 Å². The van der Waals surface area contributed by atoms with Gasteiger partial charge in [-0.1, -0.05) is 16.6 Å². The van der Waals surface area contributed by atoms with Gasteiger partial charge in [-0.3, -0.25) is 0 Å². The predicted octanol–water partition coefficient (Wildman–Crippen LogP) is 1.52. The number of hydrogen-bond acceptors (Lipinski definition) is 5. The second kappa shape index (κ2) is 3.57. The molecule has 0 fully saturated rings. The van der Waals surface area contributed by atoms with E-state index >= 15 is 0 Å². The molecule has 2 N–H and O–H groups in total. The van der Waals surface area contributed by atoms with E-state index in [1.807, 2.05) is 28.8 Å². The first-order chi connectivity index (χ1) is 7.84. The van der Waals surface area contributed by atoms with E-state index in [1.54, 1.807) is 6.33 Å². The lowest BCUT2D eigenvalue weighted by Crippen LogP contribution is -2.00. The predicted molar refractivity (Wildman–Crippen MR) is 63.2 cm³/mol. The van der Waals surface area contributed by atoms with Gasteiger partial charge in [-0.2, -0.15) is 0 Å². The highest BCUT2D eigenvalue weighted by Gasteiger charge is 2.07. The zero-order valence-corrected chi connectivity index (χ0v) is 9.18. The zero-order valence-electron chi connectivity index (χ0n) is 8.37. The van der Waals surface area contributed by atoms with Gasteiger partial charge in [0.1, 0.15) is 10.7 Å². The molecule has 80 valence electrons. The van der Waals surface area contributed by atoms with Gasteiger partial charge in [-0.25, -0.2) is 4.98 Å². The number of aromatic nitrogens is 4. The van der Waals surface area contributed by atoms with Gasteiger partial charge in [0.2, 0.25) is 0 Å². The first-order valence-corrected chi connectivity index (χ1v) is 5.58. The Balaban J connectivity index is 2.04. The summed E-state index contributed by atoms with van der Waals surface area (Å²) in [6.07, 6.45) is 1.80. The fourth-order valence-corrected chi connectivity index (χ4v) is 2.06. The molecule has 16 heavy (non-hydrogen) atoms. The lowest BCUT2D eigenvalue weighted by Gasteiger charge is -2.01. The lowest BCUT2D eigenvalue weighted by atomic mass is 10.3. The largest absolute Gasteiger partial charge is 0.388 e. The number of hydrogen-bond donors (Lipinski definition) is 1. The summed E-state index contributed by atoms with van der Waals surface area (Å²) in [4.78, 5) is 4.31. The standard InChI is InChI=1S/C10H9N5S/c11-10-8(13-14-16-10)5-15-6-12-7-3-1-2-4-9(7)15/h1-4,6H,5,11H2. The van der Waals surface area contributed by atoms with Crippen molar-refractivity contribution in [1.29, 1.82) is 0 Å². The summed E-state index contributed by atoms with van der Waals surface area (Å²) in [7, 11) is 0. The Hall–Kier alpha value is -1.95. The van der Waals surface area contributed by atoms with Crippen molar-refractivity contribution in [1.82, 2.24) is 19.1 Å². The van der Waals surface area contributed by atoms with Crippen molar-refractivity contribution in [3.63, 3.8) is 0 Å². The molecule has 0 spiro atoms. The number of fused-ring (bicyclic) bond motifs is 1. The van der Waals surface area contributed by atoms with Gasteiger partial charge in [0.15, 0.2) is 0 Å². The van der Waals surface area contributed by atoms with Crippen molar-refractivity contribution < 1.29 is 0 Å². The smallest absolute Gasteiger partial charge is 0.132 e. The van der Waals surface area contributed by atoms with E-state index in [0.29, 0.717) is 11.5 Å². The van der Waals surface area contributed by atoms with Crippen LogP contribution in [-0.2, 0) is 6.54 Å². The minimum Gasteiger partial charge on any atom is -0.388 e. The first-order valence-electron chi connectivity index (χ1n) is 4.81. The van der Waals surface area contributed by atoms with Gasteiger partial charge in [-0.05, 0) is 12.1 Å². The number of rotatable bonds is 2. The highest BCUT2D eigenvalue weighted by atomic mass is 32.1. The molecule has 0 radical (unpaired) electrons. The molecule has 6 heteroatoms. The van der Waals surface area contributed by atoms with E-state index in [2.05, 4.69) is 14.6 Å². The third kappa shape index (κ3) is 1.43. The van der Waals surface area contributed by atoms with Crippen LogP contribution in [0.1, 0.15) is 5.69 Å². The fraction of sp³-hybridized carbons (Fsp3) is 0.100. The van der Waals surface area contributed by atoms with E-state index in [4.69, 9.17) is 5.73 Å². The van der Waals surface area contributed by atoms with Crippen LogP contribution < -0.4 is 5.73 Å². The molecular weight excluding hydrogens is 222 g/mol. The molecule has 0 aliphatic rings. The second-order valence-corrected chi connectivity index (χ2v) is 4.23. The molecule has 3 aromatic rings. The average molecular weight is 231 g/mol. The summed E-state index contributed by atoms with van der Waals surface area (Å²) in [6, 6.07) is 7.97. The van der Waals surface area contributed by atoms with Crippen molar-refractivity contribution in [3.8, 4) is 0 Å². The third-order valence-electron chi connectivity index (χ3n) is 2.43. The summed E-state index contributed by atoms with van der Waals surface area (Å²) in [6.45, 7) is 0.614. The second-order valence-electron chi connectivity index (χ2n) is 3.45. The Labute approximate surface area is 95.7 Å². The van der Waals surface area contributed by atoms with Gasteiger partial charge in [-0.15, -0.1) is 5.10 Å².